The molecule has 1 aromatic heterocycles. The van der Waals surface area contributed by atoms with Gasteiger partial charge in [0.1, 0.15) is 5.75 Å². The molecule has 0 saturated heterocycles. The summed E-state index contributed by atoms with van der Waals surface area (Å²) in [4.78, 5) is 4.17. The van der Waals surface area contributed by atoms with Crippen LogP contribution in [0.25, 0.3) is 0 Å². The minimum absolute atomic E-state index is 0.353. The number of aromatic nitrogens is 1. The second kappa shape index (κ2) is 6.74. The van der Waals surface area contributed by atoms with E-state index < -0.39 is 6.29 Å². The molecule has 2 N–H and O–H groups in total. The summed E-state index contributed by atoms with van der Waals surface area (Å²) in [5.74, 6) is 0.657. The fraction of sp³-hybridized carbons (Fsp3) is 0.214. The van der Waals surface area contributed by atoms with Crippen LogP contribution in [0.3, 0.4) is 0 Å². The summed E-state index contributed by atoms with van der Waals surface area (Å²) in [5.41, 5.74) is 0.935. The molecule has 1 unspecified atom stereocenters. The number of pyridine rings is 1. The molecule has 4 nitrogen and oxygen atoms in total. The van der Waals surface area contributed by atoms with Crippen LogP contribution in [0.2, 0.25) is 0 Å². The molecule has 1 aromatic carbocycles. The summed E-state index contributed by atoms with van der Waals surface area (Å²) in [7, 11) is 0. The molecule has 18 heavy (non-hydrogen) atoms. The quantitative estimate of drug-likeness (QED) is 0.757. The average molecular weight is 244 g/mol. The SMILES string of the molecule is OC(CNCc1ccccn1)Oc1ccccc1. The van der Waals surface area contributed by atoms with Crippen molar-refractivity contribution in [2.45, 2.75) is 12.8 Å². The number of benzene rings is 1. The molecule has 0 bridgehead atoms. The number of nitrogens with zero attached hydrogens (tertiary/aromatic N) is 1. The molecule has 0 amide bonds. The highest BCUT2D eigenvalue weighted by Gasteiger charge is 2.04. The lowest BCUT2D eigenvalue weighted by Gasteiger charge is -2.13. The van der Waals surface area contributed by atoms with Gasteiger partial charge in [-0.25, -0.2) is 0 Å². The van der Waals surface area contributed by atoms with E-state index in [2.05, 4.69) is 10.3 Å². The monoisotopic (exact) mass is 244 g/mol. The zero-order valence-corrected chi connectivity index (χ0v) is 9.99. The van der Waals surface area contributed by atoms with Crippen molar-refractivity contribution in [3.05, 3.63) is 60.4 Å². The first-order chi connectivity index (χ1) is 8.84. The number of para-hydroxylation sites is 1. The second-order valence-corrected chi connectivity index (χ2v) is 3.84. The lowest BCUT2D eigenvalue weighted by molar-refractivity contribution is -0.0154. The van der Waals surface area contributed by atoms with Gasteiger partial charge in [0.25, 0.3) is 0 Å². The normalized spacial score (nSPS) is 12.1. The van der Waals surface area contributed by atoms with E-state index in [0.717, 1.165) is 5.69 Å². The molecule has 1 atom stereocenters. The molecular formula is C14H16N2O2. The summed E-state index contributed by atoms with van der Waals surface area (Å²) >= 11 is 0. The van der Waals surface area contributed by atoms with Gasteiger partial charge in [-0.1, -0.05) is 24.3 Å². The van der Waals surface area contributed by atoms with Crippen LogP contribution in [0.15, 0.2) is 54.7 Å². The van der Waals surface area contributed by atoms with Crippen LogP contribution < -0.4 is 10.1 Å². The smallest absolute Gasteiger partial charge is 0.210 e. The Morgan fingerprint density at radius 3 is 2.61 bits per heavy atom. The van der Waals surface area contributed by atoms with Crippen molar-refractivity contribution < 1.29 is 9.84 Å². The third-order valence-electron chi connectivity index (χ3n) is 2.37. The van der Waals surface area contributed by atoms with Gasteiger partial charge in [0.15, 0.2) is 0 Å². The van der Waals surface area contributed by atoms with Crippen LogP contribution in [0.5, 0.6) is 5.75 Å². The van der Waals surface area contributed by atoms with E-state index in [1.54, 1.807) is 6.20 Å². The topological polar surface area (TPSA) is 54.4 Å². The Morgan fingerprint density at radius 1 is 1.11 bits per heavy atom. The van der Waals surface area contributed by atoms with Gasteiger partial charge >= 0.3 is 0 Å². The lowest BCUT2D eigenvalue weighted by atomic mass is 10.3. The third-order valence-corrected chi connectivity index (χ3v) is 2.37. The predicted octanol–water partition coefficient (Wildman–Crippen LogP) is 1.57. The molecule has 94 valence electrons. The molecule has 0 fully saturated rings. The van der Waals surface area contributed by atoms with Crippen molar-refractivity contribution >= 4 is 0 Å². The Hall–Kier alpha value is -1.91. The van der Waals surface area contributed by atoms with Gasteiger partial charge in [-0.3, -0.25) is 4.98 Å². The average Bonchev–Trinajstić information content (AvgIpc) is 2.41. The van der Waals surface area contributed by atoms with Crippen LogP contribution in [0.1, 0.15) is 5.69 Å². The van der Waals surface area contributed by atoms with Crippen molar-refractivity contribution in [2.24, 2.45) is 0 Å². The van der Waals surface area contributed by atoms with Crippen molar-refractivity contribution in [3.63, 3.8) is 0 Å². The number of rotatable bonds is 6. The van der Waals surface area contributed by atoms with Crippen LogP contribution in [-0.2, 0) is 6.54 Å². The summed E-state index contributed by atoms with van der Waals surface area (Å²) in [6, 6.07) is 15.0. The summed E-state index contributed by atoms with van der Waals surface area (Å²) in [6.07, 6.45) is 0.879. The van der Waals surface area contributed by atoms with Crippen LogP contribution in [-0.4, -0.2) is 22.9 Å². The number of hydrogen-bond acceptors (Lipinski definition) is 4. The Morgan fingerprint density at radius 2 is 1.89 bits per heavy atom. The Kier molecular flexibility index (Phi) is 4.69. The van der Waals surface area contributed by atoms with E-state index in [1.807, 2.05) is 48.5 Å². The summed E-state index contributed by atoms with van der Waals surface area (Å²) < 4.78 is 5.32. The predicted molar refractivity (Wildman–Crippen MR) is 69.0 cm³/mol. The first-order valence-electron chi connectivity index (χ1n) is 5.85. The molecule has 0 saturated carbocycles. The van der Waals surface area contributed by atoms with E-state index >= 15 is 0 Å². The highest BCUT2D eigenvalue weighted by atomic mass is 16.6. The van der Waals surface area contributed by atoms with E-state index in [-0.39, 0.29) is 0 Å². The highest BCUT2D eigenvalue weighted by Crippen LogP contribution is 2.09. The third kappa shape index (κ3) is 4.16. The first-order valence-corrected chi connectivity index (χ1v) is 5.85. The maximum atomic E-state index is 9.68. The maximum Gasteiger partial charge on any atom is 0.210 e. The molecule has 1 heterocycles. The zero-order chi connectivity index (χ0) is 12.6. The molecular weight excluding hydrogens is 228 g/mol. The van der Waals surface area contributed by atoms with E-state index in [1.165, 1.54) is 0 Å². The first kappa shape index (κ1) is 12.5. The number of aliphatic hydroxyl groups is 1. The molecule has 2 rings (SSSR count). The molecule has 0 aliphatic heterocycles. The van der Waals surface area contributed by atoms with Crippen LogP contribution in [0.4, 0.5) is 0 Å². The van der Waals surface area contributed by atoms with Gasteiger partial charge in [0.05, 0.1) is 12.2 Å². The maximum absolute atomic E-state index is 9.68. The van der Waals surface area contributed by atoms with Crippen molar-refractivity contribution in [3.8, 4) is 5.75 Å². The van der Waals surface area contributed by atoms with E-state index in [9.17, 15) is 5.11 Å². The van der Waals surface area contributed by atoms with Crippen LogP contribution in [0, 0.1) is 0 Å². The van der Waals surface area contributed by atoms with E-state index in [0.29, 0.717) is 18.8 Å². The minimum atomic E-state index is -0.865. The number of aliphatic hydroxyl groups excluding tert-OH is 1. The number of hydrogen-bond donors (Lipinski definition) is 2. The van der Waals surface area contributed by atoms with Gasteiger partial charge in [0.2, 0.25) is 6.29 Å². The van der Waals surface area contributed by atoms with E-state index in [4.69, 9.17) is 4.74 Å². The molecule has 0 radical (unpaired) electrons. The largest absolute Gasteiger partial charge is 0.464 e. The molecule has 4 heteroatoms. The van der Waals surface area contributed by atoms with Gasteiger partial charge in [0, 0.05) is 12.7 Å². The molecule has 0 spiro atoms. The van der Waals surface area contributed by atoms with Gasteiger partial charge in [-0.2, -0.15) is 0 Å². The number of ether oxygens (including phenoxy) is 1. The lowest BCUT2D eigenvalue weighted by Crippen LogP contribution is -2.30. The summed E-state index contributed by atoms with van der Waals surface area (Å²) in [5, 5.41) is 12.8. The fourth-order valence-electron chi connectivity index (χ4n) is 1.52. The van der Waals surface area contributed by atoms with Crippen molar-refractivity contribution in [2.75, 3.05) is 6.54 Å². The number of nitrogens with one attached hydrogen (secondary N) is 1. The molecule has 2 aromatic rings. The van der Waals surface area contributed by atoms with Gasteiger partial charge in [-0.05, 0) is 24.3 Å². The van der Waals surface area contributed by atoms with Crippen LogP contribution >= 0.6 is 0 Å². The Balaban J connectivity index is 1.71. The molecule has 0 aliphatic carbocycles. The highest BCUT2D eigenvalue weighted by molar-refractivity contribution is 5.21. The second-order valence-electron chi connectivity index (χ2n) is 3.84. The summed E-state index contributed by atoms with van der Waals surface area (Å²) in [6.45, 7) is 0.960. The zero-order valence-electron chi connectivity index (χ0n) is 9.99. The Bertz CT molecular complexity index is 448. The van der Waals surface area contributed by atoms with Gasteiger partial charge < -0.3 is 15.2 Å². The molecule has 0 aliphatic rings. The van der Waals surface area contributed by atoms with Crippen molar-refractivity contribution in [1.82, 2.24) is 10.3 Å². The Labute approximate surface area is 106 Å². The van der Waals surface area contributed by atoms with Gasteiger partial charge in [-0.15, -0.1) is 0 Å². The standard InChI is InChI=1S/C14H16N2O2/c17-14(18-13-7-2-1-3-8-13)11-15-10-12-6-4-5-9-16-12/h1-9,14-15,17H,10-11H2. The van der Waals surface area contributed by atoms with Crippen molar-refractivity contribution in [1.29, 1.82) is 0 Å². The minimum Gasteiger partial charge on any atom is -0.464 e. The fourth-order valence-corrected chi connectivity index (χ4v) is 1.52.